The van der Waals surface area contributed by atoms with Gasteiger partial charge in [-0.05, 0) is 71.7 Å². The number of aromatic amines is 2. The van der Waals surface area contributed by atoms with Gasteiger partial charge in [0.15, 0.2) is 0 Å². The van der Waals surface area contributed by atoms with E-state index >= 15 is 0 Å². The number of hydrogen-bond acceptors (Lipinski definition) is 2. The van der Waals surface area contributed by atoms with Gasteiger partial charge in [0, 0.05) is 21.8 Å². The molecule has 0 saturated carbocycles. The van der Waals surface area contributed by atoms with Crippen LogP contribution < -0.4 is 16.3 Å². The monoisotopic (exact) mass is 434 g/mol. The third-order valence-electron chi connectivity index (χ3n) is 5.77. The van der Waals surface area contributed by atoms with Crippen LogP contribution in [-0.2, 0) is 0 Å². The molecule has 0 spiro atoms. The number of halogens is 1. The first-order chi connectivity index (χ1) is 16.0. The predicted molar refractivity (Wildman–Crippen MR) is 135 cm³/mol. The van der Waals surface area contributed by atoms with E-state index in [4.69, 9.17) is 5.73 Å². The summed E-state index contributed by atoms with van der Waals surface area (Å²) in [6, 6.07) is 22.4. The molecule has 0 aliphatic carbocycles. The third kappa shape index (κ3) is 3.85. The van der Waals surface area contributed by atoms with Gasteiger partial charge in [-0.2, -0.15) is 5.10 Å². The average molecular weight is 435 g/mol. The molecule has 0 aliphatic heterocycles. The molecule has 0 saturated heterocycles. The standard InChI is InChI=1S/C28H23FN4/c1-3-25-24(14-17(2)19-6-4-7-21(30)15-19)28(33-32-25)27-16-23-22(8-5-9-26(23)31-27)18-10-12-20(29)13-11-18/h3-16,31-32H,2,30H2,1H3/b24-14+,25-3+. The number of hydrogen-bond donors (Lipinski definition) is 3. The molecule has 0 atom stereocenters. The highest BCUT2D eigenvalue weighted by atomic mass is 19.1. The van der Waals surface area contributed by atoms with E-state index in [0.29, 0.717) is 5.69 Å². The van der Waals surface area contributed by atoms with E-state index in [0.717, 1.165) is 55.1 Å². The summed E-state index contributed by atoms with van der Waals surface area (Å²) < 4.78 is 13.4. The number of nitrogens with two attached hydrogens (primary N) is 1. The van der Waals surface area contributed by atoms with Crippen LogP contribution in [0.25, 0.3) is 51.1 Å². The van der Waals surface area contributed by atoms with Crippen LogP contribution in [0.2, 0.25) is 0 Å². The van der Waals surface area contributed by atoms with Crippen molar-refractivity contribution in [1.82, 2.24) is 15.2 Å². The van der Waals surface area contributed by atoms with Crippen molar-refractivity contribution in [2.45, 2.75) is 6.92 Å². The minimum atomic E-state index is -0.249. The van der Waals surface area contributed by atoms with E-state index in [1.54, 1.807) is 12.1 Å². The first-order valence-electron chi connectivity index (χ1n) is 10.7. The Bertz CT molecular complexity index is 1600. The van der Waals surface area contributed by atoms with E-state index in [9.17, 15) is 4.39 Å². The van der Waals surface area contributed by atoms with E-state index in [-0.39, 0.29) is 5.82 Å². The van der Waals surface area contributed by atoms with Crippen molar-refractivity contribution in [3.63, 3.8) is 0 Å². The molecular weight excluding hydrogens is 411 g/mol. The molecule has 3 aromatic carbocycles. The summed E-state index contributed by atoms with van der Waals surface area (Å²) in [5, 5.41) is 10.6. The molecule has 162 valence electrons. The molecular formula is C28H23FN4. The maximum Gasteiger partial charge on any atom is 0.123 e. The zero-order chi connectivity index (χ0) is 22.9. The number of allylic oxidation sites excluding steroid dienone is 1. The Balaban J connectivity index is 1.66. The van der Waals surface area contributed by atoms with Crippen LogP contribution in [-0.4, -0.2) is 15.2 Å². The molecule has 0 fully saturated rings. The number of nitrogens with zero attached hydrogens (tertiary/aromatic N) is 1. The predicted octanol–water partition coefficient (Wildman–Crippen LogP) is 5.24. The molecule has 0 unspecified atom stereocenters. The van der Waals surface area contributed by atoms with E-state index in [1.165, 1.54) is 12.1 Å². The number of H-pyrrole nitrogens is 2. The Morgan fingerprint density at radius 2 is 1.82 bits per heavy atom. The first-order valence-corrected chi connectivity index (χ1v) is 10.7. The van der Waals surface area contributed by atoms with Gasteiger partial charge in [-0.3, -0.25) is 5.10 Å². The van der Waals surface area contributed by atoms with Crippen LogP contribution in [0.3, 0.4) is 0 Å². The fraction of sp³-hybridized carbons (Fsp3) is 0.0357. The molecule has 2 aromatic heterocycles. The van der Waals surface area contributed by atoms with Gasteiger partial charge in [0.25, 0.3) is 0 Å². The van der Waals surface area contributed by atoms with Crippen molar-refractivity contribution in [2.24, 2.45) is 0 Å². The Morgan fingerprint density at radius 1 is 1.03 bits per heavy atom. The summed E-state index contributed by atoms with van der Waals surface area (Å²) in [6.45, 7) is 6.22. The highest BCUT2D eigenvalue weighted by molar-refractivity contribution is 5.98. The van der Waals surface area contributed by atoms with Crippen LogP contribution in [0, 0.1) is 5.82 Å². The van der Waals surface area contributed by atoms with Crippen molar-refractivity contribution in [3.8, 4) is 22.5 Å². The summed E-state index contributed by atoms with van der Waals surface area (Å²) >= 11 is 0. The van der Waals surface area contributed by atoms with Crippen molar-refractivity contribution < 1.29 is 4.39 Å². The minimum absolute atomic E-state index is 0.249. The zero-order valence-electron chi connectivity index (χ0n) is 18.2. The molecule has 4 N–H and O–H groups in total. The Kier molecular flexibility index (Phi) is 5.15. The molecule has 2 heterocycles. The lowest BCUT2D eigenvalue weighted by Crippen LogP contribution is -2.23. The molecule has 0 amide bonds. The van der Waals surface area contributed by atoms with Gasteiger partial charge in [0.2, 0.25) is 0 Å². The number of anilines is 1. The normalized spacial score (nSPS) is 12.5. The second-order valence-electron chi connectivity index (χ2n) is 7.94. The van der Waals surface area contributed by atoms with Gasteiger partial charge in [-0.1, -0.05) is 49.1 Å². The number of rotatable bonds is 4. The molecule has 5 rings (SSSR count). The van der Waals surface area contributed by atoms with Crippen molar-refractivity contribution in [1.29, 1.82) is 0 Å². The summed E-state index contributed by atoms with van der Waals surface area (Å²) in [6.07, 6.45) is 4.01. The molecule has 0 aliphatic rings. The van der Waals surface area contributed by atoms with Crippen LogP contribution >= 0.6 is 0 Å². The molecule has 33 heavy (non-hydrogen) atoms. The lowest BCUT2D eigenvalue weighted by molar-refractivity contribution is 0.628. The molecule has 5 heteroatoms. The van der Waals surface area contributed by atoms with Crippen molar-refractivity contribution in [2.75, 3.05) is 5.73 Å². The number of nitrogen functional groups attached to an aromatic ring is 1. The maximum absolute atomic E-state index is 13.4. The molecule has 0 radical (unpaired) electrons. The molecule has 0 bridgehead atoms. The quantitative estimate of drug-likeness (QED) is 0.339. The number of fused-ring (bicyclic) bond motifs is 1. The van der Waals surface area contributed by atoms with Gasteiger partial charge in [0.05, 0.1) is 11.0 Å². The third-order valence-corrected chi connectivity index (χ3v) is 5.77. The van der Waals surface area contributed by atoms with Crippen molar-refractivity contribution >= 4 is 34.3 Å². The van der Waals surface area contributed by atoms with Gasteiger partial charge in [0.1, 0.15) is 11.5 Å². The topological polar surface area (TPSA) is 70.5 Å². The van der Waals surface area contributed by atoms with E-state index in [1.807, 2.05) is 61.5 Å². The Labute approximate surface area is 190 Å². The second kappa shape index (κ2) is 8.28. The van der Waals surface area contributed by atoms with Crippen LogP contribution in [0.4, 0.5) is 10.1 Å². The van der Waals surface area contributed by atoms with Crippen LogP contribution in [0.1, 0.15) is 12.5 Å². The van der Waals surface area contributed by atoms with Gasteiger partial charge in [-0.25, -0.2) is 4.39 Å². The first kappa shape index (κ1) is 20.5. The summed E-state index contributed by atoms with van der Waals surface area (Å²) in [7, 11) is 0. The number of aromatic nitrogens is 3. The highest BCUT2D eigenvalue weighted by Crippen LogP contribution is 2.31. The fourth-order valence-electron chi connectivity index (χ4n) is 4.10. The van der Waals surface area contributed by atoms with E-state index < -0.39 is 0 Å². The van der Waals surface area contributed by atoms with E-state index in [2.05, 4.69) is 27.8 Å². The van der Waals surface area contributed by atoms with Crippen molar-refractivity contribution in [3.05, 3.63) is 101 Å². The van der Waals surface area contributed by atoms with Gasteiger partial charge >= 0.3 is 0 Å². The SMILES string of the molecule is C=C(/C=c1/c(-c2cc3c(-c4ccc(F)cc4)cccc3[nH]2)n[nH]/c1=C/C)c1cccc(N)c1. The maximum atomic E-state index is 13.4. The summed E-state index contributed by atoms with van der Waals surface area (Å²) in [5.41, 5.74) is 13.1. The Hall–Kier alpha value is -4.38. The summed E-state index contributed by atoms with van der Waals surface area (Å²) in [5.74, 6) is -0.249. The largest absolute Gasteiger partial charge is 0.399 e. The highest BCUT2D eigenvalue weighted by Gasteiger charge is 2.12. The minimum Gasteiger partial charge on any atom is -0.399 e. The van der Waals surface area contributed by atoms with Gasteiger partial charge < -0.3 is 10.7 Å². The number of benzene rings is 3. The Morgan fingerprint density at radius 3 is 2.58 bits per heavy atom. The lowest BCUT2D eigenvalue weighted by atomic mass is 10.0. The zero-order valence-corrected chi connectivity index (χ0v) is 18.2. The lowest BCUT2D eigenvalue weighted by Gasteiger charge is -2.03. The van der Waals surface area contributed by atoms with Crippen LogP contribution in [0.15, 0.2) is 79.4 Å². The average Bonchev–Trinajstić information content (AvgIpc) is 3.43. The number of nitrogens with one attached hydrogen (secondary N) is 2. The summed E-state index contributed by atoms with van der Waals surface area (Å²) in [4.78, 5) is 3.49. The smallest absolute Gasteiger partial charge is 0.123 e. The second-order valence-corrected chi connectivity index (χ2v) is 7.94. The molecule has 5 aromatic rings. The fourth-order valence-corrected chi connectivity index (χ4v) is 4.10. The van der Waals surface area contributed by atoms with Crippen LogP contribution in [0.5, 0.6) is 0 Å². The molecule has 4 nitrogen and oxygen atoms in total. The van der Waals surface area contributed by atoms with Gasteiger partial charge in [-0.15, -0.1) is 0 Å².